The number of anilines is 2. The van der Waals surface area contributed by atoms with Gasteiger partial charge in [-0.3, -0.25) is 4.98 Å². The van der Waals surface area contributed by atoms with E-state index in [9.17, 15) is 0 Å². The number of aryl methyl sites for hydroxylation is 3. The molecule has 0 aromatic carbocycles. The number of nitrogens with one attached hydrogen (secondary N) is 1. The number of rotatable bonds is 4. The zero-order valence-electron chi connectivity index (χ0n) is 12.8. The molecule has 114 valence electrons. The molecule has 0 atom stereocenters. The van der Waals surface area contributed by atoms with Gasteiger partial charge in [0, 0.05) is 25.6 Å². The number of hydrogen-bond donors (Lipinski definition) is 1. The summed E-state index contributed by atoms with van der Waals surface area (Å²) in [6.07, 6.45) is 7.04. The van der Waals surface area contributed by atoms with Crippen LogP contribution in [0.1, 0.15) is 23.4 Å². The molecule has 2 aliphatic rings. The van der Waals surface area contributed by atoms with Crippen LogP contribution in [-0.4, -0.2) is 39.8 Å². The molecule has 1 aliphatic heterocycles. The van der Waals surface area contributed by atoms with Gasteiger partial charge in [0.15, 0.2) is 5.82 Å². The Labute approximate surface area is 130 Å². The first-order chi connectivity index (χ1) is 10.8. The van der Waals surface area contributed by atoms with Crippen molar-refractivity contribution in [3.63, 3.8) is 0 Å². The van der Waals surface area contributed by atoms with Gasteiger partial charge in [0.25, 0.3) is 0 Å². The summed E-state index contributed by atoms with van der Waals surface area (Å²) in [5.74, 6) is 2.51. The summed E-state index contributed by atoms with van der Waals surface area (Å²) in [6, 6.07) is 2.23. The molecule has 1 N–H and O–H groups in total. The van der Waals surface area contributed by atoms with Crippen LogP contribution < -0.4 is 10.2 Å². The lowest BCUT2D eigenvalue weighted by molar-refractivity contribution is 0.425. The summed E-state index contributed by atoms with van der Waals surface area (Å²) < 4.78 is 0. The van der Waals surface area contributed by atoms with E-state index in [0.717, 1.165) is 49.8 Å². The maximum atomic E-state index is 4.37. The van der Waals surface area contributed by atoms with E-state index in [1.165, 1.54) is 17.7 Å². The molecular formula is C16H20N6. The van der Waals surface area contributed by atoms with Crippen molar-refractivity contribution in [2.75, 3.05) is 29.9 Å². The Kier molecular flexibility index (Phi) is 3.36. The quantitative estimate of drug-likeness (QED) is 0.924. The molecule has 2 aromatic rings. The van der Waals surface area contributed by atoms with Crippen molar-refractivity contribution in [1.29, 1.82) is 0 Å². The third-order valence-electron chi connectivity index (χ3n) is 4.44. The Bertz CT molecular complexity index is 663. The van der Waals surface area contributed by atoms with E-state index in [0.29, 0.717) is 5.92 Å². The second-order valence-corrected chi connectivity index (χ2v) is 6.22. The van der Waals surface area contributed by atoms with Gasteiger partial charge in [-0.05, 0) is 37.8 Å². The first-order valence-electron chi connectivity index (χ1n) is 7.91. The second kappa shape index (κ2) is 5.51. The zero-order chi connectivity index (χ0) is 14.9. The highest BCUT2D eigenvalue weighted by Crippen LogP contribution is 2.27. The van der Waals surface area contributed by atoms with Crippen LogP contribution in [0.25, 0.3) is 0 Å². The van der Waals surface area contributed by atoms with Gasteiger partial charge >= 0.3 is 0 Å². The standard InChI is InChI=1S/C16H20N6/c1-11-6-18-15(8-17-11)19-7-12-9-22(10-12)16-5-13-3-2-4-14(13)20-21-16/h5-6,8,12H,2-4,7,9-10H2,1H3,(H,18,19). The first kappa shape index (κ1) is 13.4. The van der Waals surface area contributed by atoms with Crippen molar-refractivity contribution < 1.29 is 0 Å². The maximum Gasteiger partial charge on any atom is 0.151 e. The topological polar surface area (TPSA) is 66.8 Å². The molecule has 1 fully saturated rings. The molecule has 0 bridgehead atoms. The third-order valence-corrected chi connectivity index (χ3v) is 4.44. The van der Waals surface area contributed by atoms with E-state index >= 15 is 0 Å². The highest BCUT2D eigenvalue weighted by molar-refractivity contribution is 5.45. The lowest BCUT2D eigenvalue weighted by Crippen LogP contribution is -2.50. The molecule has 22 heavy (non-hydrogen) atoms. The number of nitrogens with zero attached hydrogens (tertiary/aromatic N) is 5. The minimum absolute atomic E-state index is 0.623. The van der Waals surface area contributed by atoms with Gasteiger partial charge in [-0.2, -0.15) is 5.10 Å². The summed E-state index contributed by atoms with van der Waals surface area (Å²) in [5, 5.41) is 12.1. The van der Waals surface area contributed by atoms with Gasteiger partial charge in [-0.25, -0.2) is 4.98 Å². The molecule has 0 amide bonds. The molecule has 6 heteroatoms. The van der Waals surface area contributed by atoms with Crippen molar-refractivity contribution in [2.45, 2.75) is 26.2 Å². The van der Waals surface area contributed by atoms with E-state index in [-0.39, 0.29) is 0 Å². The van der Waals surface area contributed by atoms with Crippen LogP contribution >= 0.6 is 0 Å². The predicted molar refractivity (Wildman–Crippen MR) is 85.0 cm³/mol. The van der Waals surface area contributed by atoms with E-state index < -0.39 is 0 Å². The van der Waals surface area contributed by atoms with E-state index in [4.69, 9.17) is 0 Å². The molecule has 4 rings (SSSR count). The minimum Gasteiger partial charge on any atom is -0.368 e. The SMILES string of the molecule is Cc1cnc(NCC2CN(c3cc4c(nn3)CCC4)C2)cn1. The molecule has 0 saturated carbocycles. The average molecular weight is 296 g/mol. The van der Waals surface area contributed by atoms with Gasteiger partial charge in [0.2, 0.25) is 0 Å². The Hall–Kier alpha value is -2.24. The van der Waals surface area contributed by atoms with Crippen LogP contribution in [0.3, 0.4) is 0 Å². The highest BCUT2D eigenvalue weighted by atomic mass is 15.3. The van der Waals surface area contributed by atoms with E-state index in [1.807, 2.05) is 6.92 Å². The first-order valence-corrected chi connectivity index (χ1v) is 7.91. The fraction of sp³-hybridized carbons (Fsp3) is 0.500. The molecule has 2 aromatic heterocycles. The smallest absolute Gasteiger partial charge is 0.151 e. The fourth-order valence-corrected chi connectivity index (χ4v) is 3.09. The predicted octanol–water partition coefficient (Wildman–Crippen LogP) is 1.61. The normalized spacial score (nSPS) is 17.2. The molecular weight excluding hydrogens is 276 g/mol. The molecule has 1 aliphatic carbocycles. The van der Waals surface area contributed by atoms with Crippen molar-refractivity contribution in [3.05, 3.63) is 35.4 Å². The van der Waals surface area contributed by atoms with Crippen LogP contribution in [0, 0.1) is 12.8 Å². The monoisotopic (exact) mass is 296 g/mol. The lowest BCUT2D eigenvalue weighted by atomic mass is 10.00. The highest BCUT2D eigenvalue weighted by Gasteiger charge is 2.28. The average Bonchev–Trinajstić information content (AvgIpc) is 2.95. The van der Waals surface area contributed by atoms with Gasteiger partial charge < -0.3 is 10.2 Å². The van der Waals surface area contributed by atoms with Crippen molar-refractivity contribution >= 4 is 11.6 Å². The summed E-state index contributed by atoms with van der Waals surface area (Å²) in [5.41, 5.74) is 3.53. The molecule has 6 nitrogen and oxygen atoms in total. The van der Waals surface area contributed by atoms with Gasteiger partial charge in [0.05, 0.1) is 23.8 Å². The number of fused-ring (bicyclic) bond motifs is 1. The summed E-state index contributed by atoms with van der Waals surface area (Å²) in [6.45, 7) is 4.92. The summed E-state index contributed by atoms with van der Waals surface area (Å²) in [7, 11) is 0. The molecule has 0 unspecified atom stereocenters. The Balaban J connectivity index is 1.30. The summed E-state index contributed by atoms with van der Waals surface area (Å²) >= 11 is 0. The minimum atomic E-state index is 0.623. The van der Waals surface area contributed by atoms with Crippen LogP contribution in [0.2, 0.25) is 0 Å². The zero-order valence-corrected chi connectivity index (χ0v) is 12.8. The Morgan fingerprint density at radius 1 is 1.18 bits per heavy atom. The van der Waals surface area contributed by atoms with Gasteiger partial charge in [-0.15, -0.1) is 5.10 Å². The third kappa shape index (κ3) is 2.61. The van der Waals surface area contributed by atoms with E-state index in [2.05, 4.69) is 36.4 Å². The molecule has 1 saturated heterocycles. The summed E-state index contributed by atoms with van der Waals surface area (Å²) in [4.78, 5) is 10.9. The Morgan fingerprint density at radius 3 is 2.91 bits per heavy atom. The van der Waals surface area contributed by atoms with E-state index in [1.54, 1.807) is 12.4 Å². The molecule has 0 radical (unpaired) electrons. The van der Waals surface area contributed by atoms with Crippen LogP contribution in [0.4, 0.5) is 11.6 Å². The molecule has 3 heterocycles. The fourth-order valence-electron chi connectivity index (χ4n) is 3.09. The van der Waals surface area contributed by atoms with Crippen LogP contribution in [-0.2, 0) is 12.8 Å². The van der Waals surface area contributed by atoms with Gasteiger partial charge in [-0.1, -0.05) is 0 Å². The van der Waals surface area contributed by atoms with Crippen molar-refractivity contribution in [1.82, 2.24) is 20.2 Å². The second-order valence-electron chi connectivity index (χ2n) is 6.22. The lowest BCUT2D eigenvalue weighted by Gasteiger charge is -2.40. The van der Waals surface area contributed by atoms with Gasteiger partial charge in [0.1, 0.15) is 5.82 Å². The van der Waals surface area contributed by atoms with Crippen LogP contribution in [0.5, 0.6) is 0 Å². The maximum absolute atomic E-state index is 4.37. The van der Waals surface area contributed by atoms with Crippen molar-refractivity contribution in [2.24, 2.45) is 5.92 Å². The number of hydrogen-bond acceptors (Lipinski definition) is 6. The Morgan fingerprint density at radius 2 is 2.09 bits per heavy atom. The van der Waals surface area contributed by atoms with Crippen LogP contribution in [0.15, 0.2) is 18.5 Å². The number of aromatic nitrogens is 4. The molecule has 0 spiro atoms. The van der Waals surface area contributed by atoms with Crippen molar-refractivity contribution in [3.8, 4) is 0 Å². The largest absolute Gasteiger partial charge is 0.368 e.